The fourth-order valence-corrected chi connectivity index (χ4v) is 4.58. The number of allylic oxidation sites excluding steroid dienone is 1. The molecule has 0 saturated carbocycles. The van der Waals surface area contributed by atoms with Crippen molar-refractivity contribution in [2.24, 2.45) is 5.92 Å². The fraction of sp³-hybridized carbons (Fsp3) is 0.450. The van der Waals surface area contributed by atoms with Gasteiger partial charge >= 0.3 is 0 Å². The molecule has 4 rings (SSSR count). The summed E-state index contributed by atoms with van der Waals surface area (Å²) in [6.45, 7) is 5.69. The molecule has 25 heavy (non-hydrogen) atoms. The van der Waals surface area contributed by atoms with Crippen LogP contribution in [-0.2, 0) is 19.7 Å². The molecule has 1 saturated heterocycles. The monoisotopic (exact) mass is 341 g/mol. The molecule has 2 aliphatic rings. The highest BCUT2D eigenvalue weighted by molar-refractivity contribution is 5.53. The van der Waals surface area contributed by atoms with Gasteiger partial charge in [-0.15, -0.1) is 0 Å². The Morgan fingerprint density at radius 1 is 1.28 bits per heavy atom. The summed E-state index contributed by atoms with van der Waals surface area (Å²) >= 11 is 0. The SMILES string of the molecule is C/C=C/c1ccc(=O)n2c1[C@@H]1C[C@H](C2)C[NH+](Cc2ccc(CO)o2)C1. The average Bonchev–Trinajstić information content (AvgIpc) is 3.05. The van der Waals surface area contributed by atoms with E-state index >= 15 is 0 Å². The number of pyridine rings is 1. The molecule has 3 atom stereocenters. The zero-order chi connectivity index (χ0) is 17.4. The molecule has 5 heteroatoms. The summed E-state index contributed by atoms with van der Waals surface area (Å²) in [6, 6.07) is 7.47. The van der Waals surface area contributed by atoms with Gasteiger partial charge in [0.25, 0.3) is 5.56 Å². The number of hydrogen-bond acceptors (Lipinski definition) is 3. The maximum atomic E-state index is 12.4. The molecule has 1 fully saturated rings. The van der Waals surface area contributed by atoms with Gasteiger partial charge in [-0.05, 0) is 37.1 Å². The molecule has 5 nitrogen and oxygen atoms in total. The van der Waals surface area contributed by atoms with Crippen LogP contribution in [0.15, 0.2) is 39.6 Å². The lowest BCUT2D eigenvalue weighted by Gasteiger charge is -2.40. The Labute approximate surface area is 147 Å². The molecule has 0 amide bonds. The first kappa shape index (κ1) is 16.4. The number of piperidine rings is 1. The van der Waals surface area contributed by atoms with Crippen molar-refractivity contribution in [1.29, 1.82) is 0 Å². The number of furan rings is 1. The topological polar surface area (TPSA) is 59.8 Å². The lowest BCUT2D eigenvalue weighted by Crippen LogP contribution is -3.13. The minimum Gasteiger partial charge on any atom is -0.458 e. The van der Waals surface area contributed by atoms with E-state index in [0.29, 0.717) is 17.6 Å². The highest BCUT2D eigenvalue weighted by Crippen LogP contribution is 2.33. The molecule has 2 aromatic heterocycles. The standard InChI is InChI=1S/C20H24N2O3/c1-2-3-15-4-7-19(24)22-10-14-8-16(20(15)22)11-21(9-14)12-17-5-6-18(13-23)25-17/h2-7,14,16,23H,8-13H2,1H3/p+1/b3-2+/t14-,16+/m0/s1. The predicted molar refractivity (Wildman–Crippen MR) is 95.3 cm³/mol. The quantitative estimate of drug-likeness (QED) is 0.878. The zero-order valence-corrected chi connectivity index (χ0v) is 14.6. The van der Waals surface area contributed by atoms with Crippen LogP contribution in [0.5, 0.6) is 0 Å². The molecule has 0 aromatic carbocycles. The molecule has 1 unspecified atom stereocenters. The van der Waals surface area contributed by atoms with Crippen LogP contribution in [0.1, 0.15) is 42.0 Å². The van der Waals surface area contributed by atoms with Gasteiger partial charge in [0.05, 0.1) is 13.1 Å². The van der Waals surface area contributed by atoms with Gasteiger partial charge in [-0.2, -0.15) is 0 Å². The van der Waals surface area contributed by atoms with Crippen LogP contribution in [0.2, 0.25) is 0 Å². The fourth-order valence-electron chi connectivity index (χ4n) is 4.58. The maximum Gasteiger partial charge on any atom is 0.250 e. The summed E-state index contributed by atoms with van der Waals surface area (Å²) in [4.78, 5) is 13.8. The van der Waals surface area contributed by atoms with Gasteiger partial charge in [0.2, 0.25) is 0 Å². The van der Waals surface area contributed by atoms with Crippen molar-refractivity contribution in [2.45, 2.75) is 39.0 Å². The normalized spacial score (nSPS) is 25.3. The number of hydrogen-bond donors (Lipinski definition) is 2. The molecule has 132 valence electrons. The summed E-state index contributed by atoms with van der Waals surface area (Å²) in [5.41, 5.74) is 2.50. The van der Waals surface area contributed by atoms with E-state index < -0.39 is 0 Å². The third kappa shape index (κ3) is 3.10. The van der Waals surface area contributed by atoms with Crippen molar-refractivity contribution in [3.8, 4) is 0 Å². The van der Waals surface area contributed by atoms with Gasteiger partial charge in [-0.3, -0.25) is 4.79 Å². The second-order valence-electron chi connectivity index (χ2n) is 7.28. The van der Waals surface area contributed by atoms with E-state index in [0.717, 1.165) is 38.4 Å². The second-order valence-corrected chi connectivity index (χ2v) is 7.28. The summed E-state index contributed by atoms with van der Waals surface area (Å²) in [5, 5.41) is 9.17. The minimum atomic E-state index is -0.0520. The van der Waals surface area contributed by atoms with Crippen LogP contribution in [0.4, 0.5) is 0 Å². The molecule has 4 heterocycles. The largest absolute Gasteiger partial charge is 0.458 e. The number of quaternary nitrogens is 1. The number of likely N-dealkylation sites (tertiary alicyclic amines) is 1. The molecular formula is C20H25N2O3+. The van der Waals surface area contributed by atoms with E-state index in [1.54, 1.807) is 6.07 Å². The van der Waals surface area contributed by atoms with Crippen molar-refractivity contribution < 1.29 is 14.4 Å². The van der Waals surface area contributed by atoms with Crippen molar-refractivity contribution in [1.82, 2.24) is 4.57 Å². The van der Waals surface area contributed by atoms with Crippen molar-refractivity contribution in [3.05, 3.63) is 63.5 Å². The molecule has 2 bridgehead atoms. The van der Waals surface area contributed by atoms with Gasteiger partial charge in [0, 0.05) is 30.1 Å². The van der Waals surface area contributed by atoms with Crippen LogP contribution in [0, 0.1) is 5.92 Å². The lowest BCUT2D eigenvalue weighted by molar-refractivity contribution is -0.925. The van der Waals surface area contributed by atoms with Crippen molar-refractivity contribution in [3.63, 3.8) is 0 Å². The Balaban J connectivity index is 1.61. The second kappa shape index (κ2) is 6.65. The van der Waals surface area contributed by atoms with Gasteiger partial charge in [0.1, 0.15) is 18.9 Å². The average molecular weight is 341 g/mol. The van der Waals surface area contributed by atoms with Gasteiger partial charge < -0.3 is 19.0 Å². The molecule has 0 spiro atoms. The number of fused-ring (bicyclic) bond motifs is 4. The predicted octanol–water partition coefficient (Wildman–Crippen LogP) is 1.17. The van der Waals surface area contributed by atoms with E-state index in [-0.39, 0.29) is 12.2 Å². The Morgan fingerprint density at radius 2 is 2.12 bits per heavy atom. The van der Waals surface area contributed by atoms with Crippen LogP contribution < -0.4 is 10.5 Å². The van der Waals surface area contributed by atoms with Crippen molar-refractivity contribution >= 4 is 6.08 Å². The Bertz CT molecular complexity index is 849. The van der Waals surface area contributed by atoms with E-state index in [4.69, 9.17) is 9.52 Å². The van der Waals surface area contributed by atoms with Crippen LogP contribution >= 0.6 is 0 Å². The molecule has 2 aromatic rings. The molecule has 2 N–H and O–H groups in total. The third-order valence-electron chi connectivity index (χ3n) is 5.46. The van der Waals surface area contributed by atoms with Crippen LogP contribution in [-0.4, -0.2) is 22.8 Å². The van der Waals surface area contributed by atoms with Gasteiger partial charge in [0.15, 0.2) is 5.76 Å². The third-order valence-corrected chi connectivity index (χ3v) is 5.46. The van der Waals surface area contributed by atoms with E-state index in [2.05, 4.69) is 6.08 Å². The number of aliphatic hydroxyl groups is 1. The Hall–Kier alpha value is -2.11. The maximum absolute atomic E-state index is 12.4. The minimum absolute atomic E-state index is 0.0520. The Morgan fingerprint density at radius 3 is 2.88 bits per heavy atom. The number of aliphatic hydroxyl groups excluding tert-OH is 1. The number of rotatable bonds is 4. The zero-order valence-electron chi connectivity index (χ0n) is 14.6. The first-order valence-electron chi connectivity index (χ1n) is 9.06. The lowest BCUT2D eigenvalue weighted by atomic mass is 9.81. The molecule has 0 aliphatic carbocycles. The molecular weight excluding hydrogens is 316 g/mol. The smallest absolute Gasteiger partial charge is 0.250 e. The number of aromatic nitrogens is 1. The number of nitrogens with zero attached hydrogens (tertiary/aromatic N) is 1. The van der Waals surface area contributed by atoms with Gasteiger partial charge in [-0.25, -0.2) is 0 Å². The van der Waals surface area contributed by atoms with Crippen LogP contribution in [0.25, 0.3) is 6.08 Å². The highest BCUT2D eigenvalue weighted by atomic mass is 16.4. The molecule has 2 aliphatic heterocycles. The van der Waals surface area contributed by atoms with E-state index in [1.807, 2.05) is 35.8 Å². The summed E-state index contributed by atoms with van der Waals surface area (Å²) in [5.74, 6) is 2.50. The van der Waals surface area contributed by atoms with E-state index in [1.165, 1.54) is 16.2 Å². The molecule has 0 radical (unpaired) electrons. The highest BCUT2D eigenvalue weighted by Gasteiger charge is 2.38. The first-order chi connectivity index (χ1) is 12.2. The Kier molecular flexibility index (Phi) is 4.36. The summed E-state index contributed by atoms with van der Waals surface area (Å²) in [6.07, 6.45) is 5.32. The first-order valence-corrected chi connectivity index (χ1v) is 9.06. The summed E-state index contributed by atoms with van der Waals surface area (Å²) < 4.78 is 7.67. The van der Waals surface area contributed by atoms with Crippen LogP contribution in [0.3, 0.4) is 0 Å². The van der Waals surface area contributed by atoms with Gasteiger partial charge in [-0.1, -0.05) is 12.2 Å². The summed E-state index contributed by atoms with van der Waals surface area (Å²) in [7, 11) is 0. The number of nitrogens with one attached hydrogen (secondary N) is 1. The van der Waals surface area contributed by atoms with E-state index in [9.17, 15) is 4.79 Å². The van der Waals surface area contributed by atoms with Crippen molar-refractivity contribution in [2.75, 3.05) is 13.1 Å².